The molecule has 0 spiro atoms. The van der Waals surface area contributed by atoms with Crippen molar-refractivity contribution in [2.24, 2.45) is 5.92 Å². The number of esters is 1. The summed E-state index contributed by atoms with van der Waals surface area (Å²) >= 11 is 0. The van der Waals surface area contributed by atoms with Gasteiger partial charge in [-0.3, -0.25) is 9.59 Å². The molecule has 1 heterocycles. The van der Waals surface area contributed by atoms with Crippen LogP contribution in [0.15, 0.2) is 71.8 Å². The van der Waals surface area contributed by atoms with Gasteiger partial charge in [-0.15, -0.1) is 0 Å². The predicted octanol–water partition coefficient (Wildman–Crippen LogP) is 3.09. The largest absolute Gasteiger partial charge is 0.497 e. The van der Waals surface area contributed by atoms with Gasteiger partial charge in [0.1, 0.15) is 5.75 Å². The molecule has 0 bridgehead atoms. The molecule has 0 aliphatic carbocycles. The lowest BCUT2D eigenvalue weighted by Gasteiger charge is -2.32. The Hall–Kier alpha value is -3.13. The van der Waals surface area contributed by atoms with Crippen molar-refractivity contribution in [2.75, 3.05) is 13.7 Å². The number of hydrogen-bond donors (Lipinski definition) is 0. The van der Waals surface area contributed by atoms with E-state index in [-0.39, 0.29) is 17.9 Å². The van der Waals surface area contributed by atoms with Gasteiger partial charge in [0.25, 0.3) is 10.0 Å². The quantitative estimate of drug-likeness (QED) is 0.629. The number of rotatable bonds is 7. The van der Waals surface area contributed by atoms with Gasteiger partial charge >= 0.3 is 5.97 Å². The summed E-state index contributed by atoms with van der Waals surface area (Å²) in [5.74, 6) is -2.06. The number of carbonyl (C=O) groups is 2. The van der Waals surface area contributed by atoms with Gasteiger partial charge in [-0.05, 0) is 36.8 Å². The highest BCUT2D eigenvalue weighted by atomic mass is 32.2. The first-order chi connectivity index (χ1) is 14.4. The fraction of sp³-hybridized carbons (Fsp3) is 0.273. The molecule has 0 radical (unpaired) electrons. The molecule has 0 unspecified atom stereocenters. The van der Waals surface area contributed by atoms with E-state index in [9.17, 15) is 18.0 Å². The predicted molar refractivity (Wildman–Crippen MR) is 110 cm³/mol. The van der Waals surface area contributed by atoms with Crippen LogP contribution in [0.5, 0.6) is 5.75 Å². The van der Waals surface area contributed by atoms with Gasteiger partial charge in [-0.2, -0.15) is 0 Å². The average molecular weight is 429 g/mol. The third-order valence-corrected chi connectivity index (χ3v) is 6.58. The van der Waals surface area contributed by atoms with Crippen LogP contribution in [0.1, 0.15) is 24.8 Å². The van der Waals surface area contributed by atoms with Crippen LogP contribution in [-0.2, 0) is 24.3 Å². The van der Waals surface area contributed by atoms with Crippen LogP contribution in [0.2, 0.25) is 0 Å². The number of methoxy groups -OCH3 is 1. The fourth-order valence-corrected chi connectivity index (χ4v) is 4.70. The Labute approximate surface area is 176 Å². The van der Waals surface area contributed by atoms with E-state index in [4.69, 9.17) is 9.47 Å². The van der Waals surface area contributed by atoms with E-state index in [0.717, 1.165) is 5.56 Å². The molecule has 0 fully saturated rings. The Morgan fingerprint density at radius 2 is 1.73 bits per heavy atom. The molecule has 1 aliphatic heterocycles. The number of benzene rings is 2. The van der Waals surface area contributed by atoms with Crippen LogP contribution in [0.3, 0.4) is 0 Å². The summed E-state index contributed by atoms with van der Waals surface area (Å²) in [5.41, 5.74) is 0.817. The second-order valence-electron chi connectivity index (χ2n) is 6.71. The van der Waals surface area contributed by atoms with E-state index >= 15 is 0 Å². The van der Waals surface area contributed by atoms with Crippen molar-refractivity contribution in [1.82, 2.24) is 4.31 Å². The second-order valence-corrected chi connectivity index (χ2v) is 8.52. The van der Waals surface area contributed by atoms with E-state index in [1.807, 2.05) is 30.3 Å². The third-order valence-electron chi connectivity index (χ3n) is 4.89. The molecule has 30 heavy (non-hydrogen) atoms. The van der Waals surface area contributed by atoms with E-state index in [0.29, 0.717) is 10.1 Å². The molecular weight excluding hydrogens is 406 g/mol. The minimum Gasteiger partial charge on any atom is -0.497 e. The molecule has 1 amide bonds. The minimum atomic E-state index is -4.13. The lowest BCUT2D eigenvalue weighted by atomic mass is 9.82. The number of allylic oxidation sites excluding steroid dienone is 1. The molecular formula is C22H23NO6S. The molecule has 0 saturated carbocycles. The summed E-state index contributed by atoms with van der Waals surface area (Å²) in [6.07, 6.45) is 2.69. The zero-order chi connectivity index (χ0) is 21.7. The highest BCUT2D eigenvalue weighted by Gasteiger charge is 2.41. The van der Waals surface area contributed by atoms with Crippen molar-refractivity contribution in [1.29, 1.82) is 0 Å². The Bertz CT molecular complexity index is 1030. The Morgan fingerprint density at radius 3 is 2.33 bits per heavy atom. The highest BCUT2D eigenvalue weighted by molar-refractivity contribution is 7.89. The van der Waals surface area contributed by atoms with Gasteiger partial charge in [0.15, 0.2) is 0 Å². The molecule has 158 valence electrons. The van der Waals surface area contributed by atoms with Gasteiger partial charge in [-0.1, -0.05) is 36.4 Å². The molecule has 2 aromatic carbocycles. The maximum absolute atomic E-state index is 13.3. The molecule has 1 aliphatic rings. The smallest absolute Gasteiger partial charge is 0.306 e. The number of hydrogen-bond acceptors (Lipinski definition) is 6. The Kier molecular flexibility index (Phi) is 6.56. The number of carbonyl (C=O) groups excluding carboxylic acids is 2. The van der Waals surface area contributed by atoms with E-state index < -0.39 is 33.7 Å². The van der Waals surface area contributed by atoms with Crippen LogP contribution >= 0.6 is 0 Å². The number of sulfonamides is 1. The lowest BCUT2D eigenvalue weighted by Crippen LogP contribution is -2.42. The van der Waals surface area contributed by atoms with Crippen molar-refractivity contribution in [3.05, 3.63) is 72.4 Å². The molecule has 2 aromatic rings. The first-order valence-electron chi connectivity index (χ1n) is 9.49. The minimum absolute atomic E-state index is 0.0469. The van der Waals surface area contributed by atoms with Crippen LogP contribution in [-0.4, -0.2) is 38.3 Å². The van der Waals surface area contributed by atoms with Crippen LogP contribution in [0.4, 0.5) is 0 Å². The molecule has 0 N–H and O–H groups in total. The summed E-state index contributed by atoms with van der Waals surface area (Å²) in [5, 5.41) is 0. The fourth-order valence-electron chi connectivity index (χ4n) is 3.39. The highest BCUT2D eigenvalue weighted by Crippen LogP contribution is 2.36. The summed E-state index contributed by atoms with van der Waals surface area (Å²) in [4.78, 5) is 25.4. The topological polar surface area (TPSA) is 90.0 Å². The summed E-state index contributed by atoms with van der Waals surface area (Å²) in [7, 11) is -2.66. The van der Waals surface area contributed by atoms with E-state index in [1.54, 1.807) is 13.0 Å². The van der Waals surface area contributed by atoms with Crippen molar-refractivity contribution in [3.63, 3.8) is 0 Å². The summed E-state index contributed by atoms with van der Waals surface area (Å²) in [6.45, 7) is 1.86. The molecule has 0 saturated heterocycles. The van der Waals surface area contributed by atoms with Gasteiger partial charge in [0.05, 0.1) is 31.0 Å². The molecule has 2 atom stereocenters. The van der Waals surface area contributed by atoms with Gasteiger partial charge in [-0.25, -0.2) is 12.7 Å². The van der Waals surface area contributed by atoms with Gasteiger partial charge in [0.2, 0.25) is 5.91 Å². The van der Waals surface area contributed by atoms with Crippen LogP contribution in [0.25, 0.3) is 0 Å². The molecule has 8 heteroatoms. The van der Waals surface area contributed by atoms with Crippen molar-refractivity contribution >= 4 is 21.9 Å². The second kappa shape index (κ2) is 9.13. The zero-order valence-corrected chi connectivity index (χ0v) is 17.5. The zero-order valence-electron chi connectivity index (χ0n) is 16.7. The van der Waals surface area contributed by atoms with E-state index in [1.165, 1.54) is 37.6 Å². The summed E-state index contributed by atoms with van der Waals surface area (Å²) < 4.78 is 37.0. The van der Waals surface area contributed by atoms with Crippen molar-refractivity contribution in [3.8, 4) is 5.75 Å². The maximum atomic E-state index is 13.3. The van der Waals surface area contributed by atoms with Crippen molar-refractivity contribution < 1.29 is 27.5 Å². The molecule has 0 aromatic heterocycles. The first-order valence-corrected chi connectivity index (χ1v) is 10.9. The Balaban J connectivity index is 1.98. The molecule has 7 nitrogen and oxygen atoms in total. The van der Waals surface area contributed by atoms with Crippen LogP contribution in [0, 0.1) is 5.92 Å². The van der Waals surface area contributed by atoms with E-state index in [2.05, 4.69) is 0 Å². The Morgan fingerprint density at radius 1 is 1.07 bits per heavy atom. The van der Waals surface area contributed by atoms with Gasteiger partial charge < -0.3 is 9.47 Å². The lowest BCUT2D eigenvalue weighted by molar-refractivity contribution is -0.147. The maximum Gasteiger partial charge on any atom is 0.306 e. The first kappa shape index (κ1) is 21.6. The SMILES string of the molecule is CCOC(=O)C[C@H]1C(=O)N(S(=O)(=O)c2ccc(OC)cc2)C=C[C@H]1c1ccccc1. The van der Waals surface area contributed by atoms with Crippen molar-refractivity contribution in [2.45, 2.75) is 24.2 Å². The normalized spacial score (nSPS) is 18.9. The average Bonchev–Trinajstić information content (AvgIpc) is 2.75. The number of nitrogens with zero attached hydrogens (tertiary/aromatic N) is 1. The monoisotopic (exact) mass is 429 g/mol. The standard InChI is InChI=1S/C22H23NO6S/c1-3-29-21(24)15-20-19(16-7-5-4-6-8-16)13-14-23(22(20)25)30(26,27)18-11-9-17(28-2)10-12-18/h4-14,19-20H,3,15H2,1-2H3/t19-,20+/m0/s1. The number of amides is 1. The number of ether oxygens (including phenoxy) is 2. The van der Waals surface area contributed by atoms with Crippen LogP contribution < -0.4 is 4.74 Å². The van der Waals surface area contributed by atoms with Gasteiger partial charge in [0, 0.05) is 12.1 Å². The third kappa shape index (κ3) is 4.38. The molecule has 3 rings (SSSR count). The summed E-state index contributed by atoms with van der Waals surface area (Å²) in [6, 6.07) is 14.9.